The number of nitrogens with one attached hydrogen (secondary N) is 1. The smallest absolute Gasteiger partial charge is 0.257 e. The lowest BCUT2D eigenvalue weighted by Gasteiger charge is -2.16. The second kappa shape index (κ2) is 6.60. The monoisotopic (exact) mass is 454 g/mol. The minimum absolute atomic E-state index is 0.0550. The van der Waals surface area contributed by atoms with Crippen LogP contribution in [-0.4, -0.2) is 45.1 Å². The van der Waals surface area contributed by atoms with Crippen LogP contribution in [0.5, 0.6) is 0 Å². The number of hydrogen-bond donors (Lipinski definition) is 1. The zero-order valence-electron chi connectivity index (χ0n) is 15.4. The van der Waals surface area contributed by atoms with Gasteiger partial charge in [0.05, 0.1) is 11.8 Å². The molecule has 0 radical (unpaired) electrons. The zero-order valence-corrected chi connectivity index (χ0v) is 17.8. The number of sulfonamides is 1. The van der Waals surface area contributed by atoms with Gasteiger partial charge in [0, 0.05) is 35.1 Å². The Morgan fingerprint density at radius 2 is 2.15 bits per heavy atom. The Bertz CT molecular complexity index is 1010. The summed E-state index contributed by atoms with van der Waals surface area (Å²) in [6.07, 6.45) is 5.76. The third-order valence-electron chi connectivity index (χ3n) is 5.73. The molecule has 2 heterocycles. The number of carbonyl (C=O) groups is 1. The number of amides is 1. The van der Waals surface area contributed by atoms with E-state index in [4.69, 9.17) is 4.42 Å². The molecular formula is C19H23BrN2O4S. The molecule has 2 fully saturated rings. The van der Waals surface area contributed by atoms with Crippen LogP contribution >= 0.6 is 15.9 Å². The van der Waals surface area contributed by atoms with E-state index >= 15 is 0 Å². The number of hydrogen-bond acceptors (Lipinski definition) is 4. The lowest BCUT2D eigenvalue weighted by atomic mass is 9.96. The number of halogens is 1. The molecule has 1 saturated heterocycles. The summed E-state index contributed by atoms with van der Waals surface area (Å²) in [6.45, 7) is 3.76. The third kappa shape index (κ3) is 3.79. The molecule has 1 saturated carbocycles. The number of likely N-dealkylation sites (tertiary alicyclic amines) is 1. The van der Waals surface area contributed by atoms with Crippen molar-refractivity contribution in [2.24, 2.45) is 5.92 Å². The van der Waals surface area contributed by atoms with Crippen LogP contribution in [0.1, 0.15) is 42.1 Å². The molecule has 2 aromatic rings. The lowest BCUT2D eigenvalue weighted by molar-refractivity contribution is 0.0788. The van der Waals surface area contributed by atoms with Gasteiger partial charge in [0.1, 0.15) is 11.8 Å². The van der Waals surface area contributed by atoms with Crippen molar-refractivity contribution in [1.29, 1.82) is 0 Å². The van der Waals surface area contributed by atoms with Crippen molar-refractivity contribution < 1.29 is 17.6 Å². The van der Waals surface area contributed by atoms with E-state index < -0.39 is 10.0 Å². The molecular weight excluding hydrogens is 432 g/mol. The van der Waals surface area contributed by atoms with E-state index in [-0.39, 0.29) is 17.2 Å². The van der Waals surface area contributed by atoms with Gasteiger partial charge in [-0.15, -0.1) is 0 Å². The molecule has 0 bridgehead atoms. The maximum atomic E-state index is 13.1. The Labute approximate surface area is 167 Å². The zero-order chi connectivity index (χ0) is 19.4. The van der Waals surface area contributed by atoms with Crippen LogP contribution in [0.15, 0.2) is 27.3 Å². The number of fused-ring (bicyclic) bond motifs is 1. The SMILES string of the molecule is CC1(c2cc(Br)cc3c(C(=O)N4CCC(CNS(C)(=O)=O)C4)coc23)CC1. The van der Waals surface area contributed by atoms with Crippen molar-refractivity contribution in [3.63, 3.8) is 0 Å². The van der Waals surface area contributed by atoms with Crippen LogP contribution in [-0.2, 0) is 15.4 Å². The molecule has 2 aliphatic rings. The van der Waals surface area contributed by atoms with Gasteiger partial charge < -0.3 is 9.32 Å². The molecule has 1 unspecified atom stereocenters. The first-order valence-electron chi connectivity index (χ1n) is 9.11. The maximum absolute atomic E-state index is 13.1. The topological polar surface area (TPSA) is 79.6 Å². The molecule has 1 aromatic carbocycles. The summed E-state index contributed by atoms with van der Waals surface area (Å²) >= 11 is 3.57. The number of rotatable bonds is 5. The van der Waals surface area contributed by atoms with Gasteiger partial charge in [-0.3, -0.25) is 4.79 Å². The highest BCUT2D eigenvalue weighted by Crippen LogP contribution is 2.51. The molecule has 1 amide bonds. The van der Waals surface area contributed by atoms with E-state index in [9.17, 15) is 13.2 Å². The van der Waals surface area contributed by atoms with Crippen LogP contribution in [0.4, 0.5) is 0 Å². The molecule has 6 nitrogen and oxygen atoms in total. The predicted octanol–water partition coefficient (Wildman–Crippen LogP) is 3.26. The molecule has 8 heteroatoms. The quantitative estimate of drug-likeness (QED) is 0.751. The van der Waals surface area contributed by atoms with Gasteiger partial charge in [-0.05, 0) is 42.7 Å². The first-order chi connectivity index (χ1) is 12.7. The number of benzene rings is 1. The largest absolute Gasteiger partial charge is 0.463 e. The van der Waals surface area contributed by atoms with Crippen LogP contribution in [0, 0.1) is 5.92 Å². The maximum Gasteiger partial charge on any atom is 0.257 e. The van der Waals surface area contributed by atoms with Crippen molar-refractivity contribution in [2.45, 2.75) is 31.6 Å². The van der Waals surface area contributed by atoms with E-state index in [1.54, 1.807) is 11.2 Å². The Hall–Kier alpha value is -1.38. The summed E-state index contributed by atoms with van der Waals surface area (Å²) < 4.78 is 31.9. The highest BCUT2D eigenvalue weighted by atomic mass is 79.9. The van der Waals surface area contributed by atoms with E-state index in [1.165, 1.54) is 0 Å². The lowest BCUT2D eigenvalue weighted by Crippen LogP contribution is -2.32. The minimum atomic E-state index is -3.21. The fraction of sp³-hybridized carbons (Fsp3) is 0.526. The van der Waals surface area contributed by atoms with E-state index in [2.05, 4.69) is 33.6 Å². The second-order valence-electron chi connectivity index (χ2n) is 8.07. The summed E-state index contributed by atoms with van der Waals surface area (Å²) in [7, 11) is -3.21. The van der Waals surface area contributed by atoms with Crippen LogP contribution < -0.4 is 4.72 Å². The number of furan rings is 1. The number of nitrogens with zero attached hydrogens (tertiary/aromatic N) is 1. The van der Waals surface area contributed by atoms with Crippen LogP contribution in [0.25, 0.3) is 11.0 Å². The summed E-state index contributed by atoms with van der Waals surface area (Å²) in [5, 5.41) is 0.843. The minimum Gasteiger partial charge on any atom is -0.463 e. The van der Waals surface area contributed by atoms with Gasteiger partial charge in [-0.2, -0.15) is 0 Å². The summed E-state index contributed by atoms with van der Waals surface area (Å²) in [4.78, 5) is 14.9. The van der Waals surface area contributed by atoms with E-state index in [0.717, 1.165) is 46.5 Å². The molecule has 27 heavy (non-hydrogen) atoms. The van der Waals surface area contributed by atoms with Crippen molar-refractivity contribution in [1.82, 2.24) is 9.62 Å². The van der Waals surface area contributed by atoms with Gasteiger partial charge in [0.25, 0.3) is 5.91 Å². The molecule has 1 aromatic heterocycles. The standard InChI is InChI=1S/C19H23BrN2O4S/c1-19(4-5-19)16-8-13(20)7-14-15(11-26-17(14)16)18(23)22-6-3-12(10-22)9-21-27(2,24)25/h7-8,11-12,21H,3-6,9-10H2,1-2H3. The predicted molar refractivity (Wildman–Crippen MR) is 107 cm³/mol. The van der Waals surface area contributed by atoms with E-state index in [0.29, 0.717) is 25.2 Å². The Balaban J connectivity index is 1.56. The summed E-state index contributed by atoms with van der Waals surface area (Å²) in [5.41, 5.74) is 2.67. The summed E-state index contributed by atoms with van der Waals surface area (Å²) in [6, 6.07) is 4.04. The fourth-order valence-electron chi connectivity index (χ4n) is 3.80. The van der Waals surface area contributed by atoms with Crippen LogP contribution in [0.2, 0.25) is 0 Å². The first kappa shape index (κ1) is 19.0. The Kier molecular flexibility index (Phi) is 4.63. The third-order valence-corrected chi connectivity index (χ3v) is 6.88. The fourth-order valence-corrected chi connectivity index (χ4v) is 4.79. The normalized spacial score (nSPS) is 21.7. The molecule has 146 valence electrons. The van der Waals surface area contributed by atoms with E-state index in [1.807, 2.05) is 6.07 Å². The van der Waals surface area contributed by atoms with Crippen molar-refractivity contribution in [2.75, 3.05) is 25.9 Å². The van der Waals surface area contributed by atoms with Gasteiger partial charge in [-0.1, -0.05) is 22.9 Å². The molecule has 1 aliphatic heterocycles. The second-order valence-corrected chi connectivity index (χ2v) is 10.8. The molecule has 1 atom stereocenters. The number of carbonyl (C=O) groups excluding carboxylic acids is 1. The average Bonchev–Trinajstić information content (AvgIpc) is 3.02. The van der Waals surface area contributed by atoms with Crippen molar-refractivity contribution >= 4 is 42.8 Å². The average molecular weight is 455 g/mol. The molecule has 1 aliphatic carbocycles. The van der Waals surface area contributed by atoms with Gasteiger partial charge >= 0.3 is 0 Å². The van der Waals surface area contributed by atoms with Crippen LogP contribution in [0.3, 0.4) is 0 Å². The van der Waals surface area contributed by atoms with Crippen molar-refractivity contribution in [3.8, 4) is 0 Å². The van der Waals surface area contributed by atoms with Crippen molar-refractivity contribution in [3.05, 3.63) is 34.0 Å². The highest BCUT2D eigenvalue weighted by Gasteiger charge is 2.42. The molecule has 1 N–H and O–H groups in total. The summed E-state index contributed by atoms with van der Waals surface area (Å²) in [5.74, 6) is 0.0788. The van der Waals surface area contributed by atoms with Gasteiger partial charge in [0.2, 0.25) is 10.0 Å². The van der Waals surface area contributed by atoms with Gasteiger partial charge in [-0.25, -0.2) is 13.1 Å². The Morgan fingerprint density at radius 3 is 2.81 bits per heavy atom. The highest BCUT2D eigenvalue weighted by molar-refractivity contribution is 9.10. The van der Waals surface area contributed by atoms with Gasteiger partial charge in [0.15, 0.2) is 0 Å². The molecule has 4 rings (SSSR count). The Morgan fingerprint density at radius 1 is 1.41 bits per heavy atom. The molecule has 0 spiro atoms. The first-order valence-corrected chi connectivity index (χ1v) is 11.8.